The number of nitrogens with zero attached hydrogens (tertiary/aromatic N) is 2. The molecular formula is C14H14N2O. The van der Waals surface area contributed by atoms with Gasteiger partial charge in [-0.05, 0) is 41.8 Å². The highest BCUT2D eigenvalue weighted by Crippen LogP contribution is 2.12. The Kier molecular flexibility index (Phi) is 3.50. The first kappa shape index (κ1) is 11.3. The molecule has 2 rings (SSSR count). The number of allylic oxidation sites excluding steroid dienone is 1. The Morgan fingerprint density at radius 3 is 2.65 bits per heavy atom. The monoisotopic (exact) mass is 226 g/mol. The normalized spacial score (nSPS) is 11.5. The zero-order valence-corrected chi connectivity index (χ0v) is 9.71. The van der Waals surface area contributed by atoms with Crippen LogP contribution in [0.15, 0.2) is 48.3 Å². The van der Waals surface area contributed by atoms with Crippen LogP contribution < -0.4 is 0 Å². The van der Waals surface area contributed by atoms with Crippen molar-refractivity contribution >= 4 is 12.4 Å². The Hall–Kier alpha value is -2.16. The summed E-state index contributed by atoms with van der Waals surface area (Å²) in [5.74, 6) is 0. The number of hydrogen-bond acceptors (Lipinski definition) is 2. The maximum Gasteiger partial charge on any atom is 0.146 e. The summed E-state index contributed by atoms with van der Waals surface area (Å²) in [6.07, 6.45) is 7.20. The Morgan fingerprint density at radius 1 is 1.35 bits per heavy atom. The van der Waals surface area contributed by atoms with Crippen LogP contribution in [0.3, 0.4) is 0 Å². The van der Waals surface area contributed by atoms with Gasteiger partial charge in [-0.15, -0.1) is 0 Å². The van der Waals surface area contributed by atoms with E-state index in [0.29, 0.717) is 0 Å². The first-order valence-corrected chi connectivity index (χ1v) is 5.59. The molecule has 3 nitrogen and oxygen atoms in total. The molecule has 0 amide bonds. The minimum Gasteiger partial charge on any atom is -0.298 e. The predicted molar refractivity (Wildman–Crippen MR) is 67.9 cm³/mol. The Bertz CT molecular complexity index is 510. The molecule has 1 aromatic carbocycles. The molecule has 3 heteroatoms. The maximum absolute atomic E-state index is 10.7. The molecule has 0 aliphatic carbocycles. The quantitative estimate of drug-likeness (QED) is 0.593. The molecule has 86 valence electrons. The van der Waals surface area contributed by atoms with Gasteiger partial charge in [0, 0.05) is 12.4 Å². The lowest BCUT2D eigenvalue weighted by Gasteiger charge is -2.02. The summed E-state index contributed by atoms with van der Waals surface area (Å²) in [4.78, 5) is 10.7. The minimum atomic E-state index is 0.754. The van der Waals surface area contributed by atoms with Gasteiger partial charge >= 0.3 is 0 Å². The number of hydrogen-bond donors (Lipinski definition) is 0. The summed E-state index contributed by atoms with van der Waals surface area (Å²) in [5.41, 5.74) is 2.85. The highest BCUT2D eigenvalue weighted by atomic mass is 16.1. The summed E-state index contributed by atoms with van der Waals surface area (Å²) in [5, 5.41) is 4.15. The second kappa shape index (κ2) is 5.25. The van der Waals surface area contributed by atoms with Crippen LogP contribution >= 0.6 is 0 Å². The Balaban J connectivity index is 2.24. The molecule has 0 saturated carbocycles. The molecule has 0 spiro atoms. The zero-order valence-electron chi connectivity index (χ0n) is 9.71. The second-order valence-electron chi connectivity index (χ2n) is 3.73. The van der Waals surface area contributed by atoms with Gasteiger partial charge in [-0.2, -0.15) is 5.10 Å². The molecule has 1 aromatic heterocycles. The average Bonchev–Trinajstić information content (AvgIpc) is 2.90. The van der Waals surface area contributed by atoms with Gasteiger partial charge in [-0.1, -0.05) is 19.1 Å². The molecular weight excluding hydrogens is 212 g/mol. The summed E-state index contributed by atoms with van der Waals surface area (Å²) >= 11 is 0. The highest BCUT2D eigenvalue weighted by Gasteiger charge is 1.96. The van der Waals surface area contributed by atoms with Gasteiger partial charge < -0.3 is 0 Å². The van der Waals surface area contributed by atoms with Crippen molar-refractivity contribution in [2.75, 3.05) is 0 Å². The van der Waals surface area contributed by atoms with Crippen molar-refractivity contribution in [1.82, 2.24) is 9.78 Å². The summed E-state index contributed by atoms with van der Waals surface area (Å²) in [6, 6.07) is 9.82. The van der Waals surface area contributed by atoms with Gasteiger partial charge in [0.1, 0.15) is 6.29 Å². The molecule has 0 N–H and O–H groups in total. The van der Waals surface area contributed by atoms with E-state index in [1.165, 1.54) is 0 Å². The molecule has 2 aromatic rings. The maximum atomic E-state index is 10.7. The van der Waals surface area contributed by atoms with Gasteiger partial charge in [0.2, 0.25) is 0 Å². The lowest BCUT2D eigenvalue weighted by atomic mass is 10.1. The lowest BCUT2D eigenvalue weighted by Crippen LogP contribution is -1.93. The topological polar surface area (TPSA) is 34.9 Å². The van der Waals surface area contributed by atoms with Gasteiger partial charge in [0.15, 0.2) is 0 Å². The van der Waals surface area contributed by atoms with Crippen molar-refractivity contribution in [2.24, 2.45) is 0 Å². The van der Waals surface area contributed by atoms with E-state index < -0.39 is 0 Å². The Labute approximate surface area is 100 Å². The fraction of sp³-hybridized carbons (Fsp3) is 0.143. The SMILES string of the molecule is CCC(C=O)=Cc1ccc(-n2cccn2)cc1. The zero-order chi connectivity index (χ0) is 12.1. The number of carbonyl (C=O) groups excluding carboxylic acids is 1. The largest absolute Gasteiger partial charge is 0.298 e. The van der Waals surface area contributed by atoms with Crippen LogP contribution in [0.5, 0.6) is 0 Å². The van der Waals surface area contributed by atoms with Crippen molar-refractivity contribution in [3.05, 3.63) is 53.9 Å². The molecule has 0 atom stereocenters. The Morgan fingerprint density at radius 2 is 2.12 bits per heavy atom. The third kappa shape index (κ3) is 2.69. The van der Waals surface area contributed by atoms with Crippen LogP contribution in [0.4, 0.5) is 0 Å². The van der Waals surface area contributed by atoms with Crippen molar-refractivity contribution in [2.45, 2.75) is 13.3 Å². The molecule has 0 bridgehead atoms. The van der Waals surface area contributed by atoms with Crippen LogP contribution in [0, 0.1) is 0 Å². The second-order valence-corrected chi connectivity index (χ2v) is 3.73. The first-order valence-electron chi connectivity index (χ1n) is 5.59. The van der Waals surface area contributed by atoms with E-state index in [2.05, 4.69) is 5.10 Å². The van der Waals surface area contributed by atoms with E-state index in [0.717, 1.165) is 29.5 Å². The van der Waals surface area contributed by atoms with Crippen LogP contribution in [0.2, 0.25) is 0 Å². The molecule has 0 aliphatic heterocycles. The standard InChI is InChI=1S/C14H14N2O/c1-2-12(11-17)10-13-4-6-14(7-5-13)16-9-3-8-15-16/h3-11H,2H2,1H3. The molecule has 17 heavy (non-hydrogen) atoms. The lowest BCUT2D eigenvalue weighted by molar-refractivity contribution is -0.104. The molecule has 0 unspecified atom stereocenters. The number of carbonyl (C=O) groups is 1. The number of benzene rings is 1. The van der Waals surface area contributed by atoms with Crippen molar-refractivity contribution < 1.29 is 4.79 Å². The molecule has 0 saturated heterocycles. The predicted octanol–water partition coefficient (Wildman–Crippen LogP) is 2.86. The number of aldehydes is 1. The molecule has 1 heterocycles. The highest BCUT2D eigenvalue weighted by molar-refractivity contribution is 5.81. The fourth-order valence-corrected chi connectivity index (χ4v) is 1.58. The van der Waals surface area contributed by atoms with E-state index in [4.69, 9.17) is 0 Å². The number of aromatic nitrogens is 2. The van der Waals surface area contributed by atoms with Gasteiger partial charge in [0.25, 0.3) is 0 Å². The van der Waals surface area contributed by atoms with Gasteiger partial charge in [0.05, 0.1) is 5.69 Å². The van der Waals surface area contributed by atoms with E-state index in [-0.39, 0.29) is 0 Å². The van der Waals surface area contributed by atoms with E-state index in [1.54, 1.807) is 10.9 Å². The van der Waals surface area contributed by atoms with Crippen molar-refractivity contribution in [3.8, 4) is 5.69 Å². The fourth-order valence-electron chi connectivity index (χ4n) is 1.58. The van der Waals surface area contributed by atoms with Gasteiger partial charge in [-0.25, -0.2) is 4.68 Å². The summed E-state index contributed by atoms with van der Waals surface area (Å²) in [6.45, 7) is 1.97. The van der Waals surface area contributed by atoms with E-state index in [1.807, 2.05) is 49.5 Å². The van der Waals surface area contributed by atoms with Crippen LogP contribution in [-0.4, -0.2) is 16.1 Å². The molecule has 0 radical (unpaired) electrons. The van der Waals surface area contributed by atoms with Crippen molar-refractivity contribution in [3.63, 3.8) is 0 Å². The van der Waals surface area contributed by atoms with Crippen molar-refractivity contribution in [1.29, 1.82) is 0 Å². The third-order valence-electron chi connectivity index (χ3n) is 2.57. The average molecular weight is 226 g/mol. The van der Waals surface area contributed by atoms with Crippen LogP contribution in [0.25, 0.3) is 11.8 Å². The molecule has 0 fully saturated rings. The van der Waals surface area contributed by atoms with Crippen LogP contribution in [-0.2, 0) is 4.79 Å². The van der Waals surface area contributed by atoms with Gasteiger partial charge in [-0.3, -0.25) is 4.79 Å². The van der Waals surface area contributed by atoms with E-state index in [9.17, 15) is 4.79 Å². The third-order valence-corrected chi connectivity index (χ3v) is 2.57. The summed E-state index contributed by atoms with van der Waals surface area (Å²) in [7, 11) is 0. The smallest absolute Gasteiger partial charge is 0.146 e. The minimum absolute atomic E-state index is 0.754. The van der Waals surface area contributed by atoms with Crippen LogP contribution in [0.1, 0.15) is 18.9 Å². The number of rotatable bonds is 4. The van der Waals surface area contributed by atoms with E-state index >= 15 is 0 Å². The first-order chi connectivity index (χ1) is 8.33. The summed E-state index contributed by atoms with van der Waals surface area (Å²) < 4.78 is 1.80. The molecule has 0 aliphatic rings.